The number of carbonyl (C=O) groups is 1. The number of aromatic nitrogens is 2. The lowest BCUT2D eigenvalue weighted by atomic mass is 10.1. The zero-order valence-electron chi connectivity index (χ0n) is 13.1. The molecule has 5 nitrogen and oxygen atoms in total. The van der Waals surface area contributed by atoms with Crippen molar-refractivity contribution < 1.29 is 9.21 Å². The Morgan fingerprint density at radius 1 is 1.08 bits per heavy atom. The zero-order chi connectivity index (χ0) is 16.9. The van der Waals surface area contributed by atoms with E-state index < -0.39 is 0 Å². The Morgan fingerprint density at radius 2 is 1.79 bits per heavy atom. The topological polar surface area (TPSA) is 68.0 Å². The van der Waals surface area contributed by atoms with Gasteiger partial charge in [0.15, 0.2) is 0 Å². The quantitative estimate of drug-likeness (QED) is 0.752. The molecule has 0 fully saturated rings. The molecular weight excluding hydrogens is 326 g/mol. The minimum Gasteiger partial charge on any atom is -0.421 e. The molecule has 0 aliphatic heterocycles. The number of hydrogen-bond acceptors (Lipinski definition) is 4. The second kappa shape index (κ2) is 7.27. The number of amides is 1. The van der Waals surface area contributed by atoms with Gasteiger partial charge >= 0.3 is 0 Å². The summed E-state index contributed by atoms with van der Waals surface area (Å²) in [7, 11) is 0. The summed E-state index contributed by atoms with van der Waals surface area (Å²) in [5, 5.41) is 11.4. The van der Waals surface area contributed by atoms with Crippen LogP contribution in [0.25, 0.3) is 11.5 Å². The summed E-state index contributed by atoms with van der Waals surface area (Å²) in [5.41, 5.74) is 2.73. The maximum atomic E-state index is 12.0. The molecule has 0 atom stereocenters. The normalized spacial score (nSPS) is 10.6. The average molecular weight is 342 g/mol. The first-order chi connectivity index (χ1) is 11.6. The Labute approximate surface area is 144 Å². The summed E-state index contributed by atoms with van der Waals surface area (Å²) < 4.78 is 5.61. The van der Waals surface area contributed by atoms with E-state index in [-0.39, 0.29) is 12.3 Å². The summed E-state index contributed by atoms with van der Waals surface area (Å²) in [6.45, 7) is 2.02. The first kappa shape index (κ1) is 16.2. The van der Waals surface area contributed by atoms with Crippen molar-refractivity contribution in [1.82, 2.24) is 10.2 Å². The molecule has 0 spiro atoms. The van der Waals surface area contributed by atoms with Gasteiger partial charge in [0.25, 0.3) is 0 Å². The Morgan fingerprint density at radius 3 is 2.50 bits per heavy atom. The van der Waals surface area contributed by atoms with Crippen molar-refractivity contribution in [2.45, 2.75) is 19.8 Å². The smallest absolute Gasteiger partial charge is 0.247 e. The van der Waals surface area contributed by atoms with Crippen molar-refractivity contribution >= 4 is 23.2 Å². The van der Waals surface area contributed by atoms with Gasteiger partial charge in [0.1, 0.15) is 0 Å². The van der Waals surface area contributed by atoms with E-state index >= 15 is 0 Å². The van der Waals surface area contributed by atoms with E-state index in [1.165, 1.54) is 0 Å². The molecule has 1 heterocycles. The van der Waals surface area contributed by atoms with Crippen molar-refractivity contribution in [3.63, 3.8) is 0 Å². The Balaban J connectivity index is 1.56. The average Bonchev–Trinajstić information content (AvgIpc) is 3.05. The molecule has 0 unspecified atom stereocenters. The number of hydrogen-bond donors (Lipinski definition) is 1. The highest BCUT2D eigenvalue weighted by atomic mass is 35.5. The molecular formula is C18H16ClN3O2. The van der Waals surface area contributed by atoms with Crippen LogP contribution in [0.3, 0.4) is 0 Å². The predicted molar refractivity (Wildman–Crippen MR) is 92.9 cm³/mol. The van der Waals surface area contributed by atoms with Gasteiger partial charge in [0.2, 0.25) is 17.7 Å². The van der Waals surface area contributed by atoms with E-state index in [0.29, 0.717) is 28.9 Å². The van der Waals surface area contributed by atoms with Gasteiger partial charge in [0.05, 0.1) is 0 Å². The second-order valence-electron chi connectivity index (χ2n) is 5.42. The summed E-state index contributed by atoms with van der Waals surface area (Å²) in [5.74, 6) is 0.785. The van der Waals surface area contributed by atoms with Gasteiger partial charge < -0.3 is 9.73 Å². The van der Waals surface area contributed by atoms with Gasteiger partial charge in [-0.15, -0.1) is 10.2 Å². The van der Waals surface area contributed by atoms with Crippen molar-refractivity contribution in [3.05, 3.63) is 65.0 Å². The van der Waals surface area contributed by atoms with Crippen LogP contribution in [0.5, 0.6) is 0 Å². The number of carbonyl (C=O) groups excluding carboxylic acids is 1. The van der Waals surface area contributed by atoms with Crippen molar-refractivity contribution in [1.29, 1.82) is 0 Å². The van der Waals surface area contributed by atoms with Crippen molar-refractivity contribution in [3.8, 4) is 11.5 Å². The van der Waals surface area contributed by atoms with Crippen LogP contribution in [0.15, 0.2) is 52.9 Å². The van der Waals surface area contributed by atoms with Crippen LogP contribution in [-0.2, 0) is 11.2 Å². The molecule has 0 bridgehead atoms. The summed E-state index contributed by atoms with van der Waals surface area (Å²) in [6, 6.07) is 14.8. The van der Waals surface area contributed by atoms with Gasteiger partial charge in [-0.3, -0.25) is 4.79 Å². The van der Waals surface area contributed by atoms with Crippen LogP contribution < -0.4 is 5.32 Å². The number of nitrogens with zero attached hydrogens (tertiary/aromatic N) is 2. The molecule has 1 amide bonds. The molecule has 0 saturated carbocycles. The minimum absolute atomic E-state index is 0.118. The number of benzene rings is 2. The first-order valence-electron chi connectivity index (χ1n) is 7.55. The van der Waals surface area contributed by atoms with Gasteiger partial charge in [-0.05, 0) is 43.3 Å². The highest BCUT2D eigenvalue weighted by Gasteiger charge is 2.10. The number of halogens is 1. The van der Waals surface area contributed by atoms with Gasteiger partial charge in [-0.2, -0.15) is 0 Å². The Hall–Kier alpha value is -2.66. The SMILES string of the molecule is Cc1ccc(-c2nnc(CCC(=O)Nc3ccc(Cl)cc3)o2)cc1. The third-order valence-corrected chi connectivity index (χ3v) is 3.71. The maximum Gasteiger partial charge on any atom is 0.247 e. The van der Waals surface area contributed by atoms with E-state index in [9.17, 15) is 4.79 Å². The number of rotatable bonds is 5. The lowest BCUT2D eigenvalue weighted by Crippen LogP contribution is -2.12. The van der Waals surface area contributed by atoms with E-state index in [0.717, 1.165) is 11.1 Å². The fourth-order valence-corrected chi connectivity index (χ4v) is 2.27. The third kappa shape index (κ3) is 4.20. The Kier molecular flexibility index (Phi) is 4.91. The highest BCUT2D eigenvalue weighted by Crippen LogP contribution is 2.19. The maximum absolute atomic E-state index is 12.0. The second-order valence-corrected chi connectivity index (χ2v) is 5.86. The molecule has 0 aliphatic rings. The van der Waals surface area contributed by atoms with E-state index in [1.54, 1.807) is 24.3 Å². The zero-order valence-corrected chi connectivity index (χ0v) is 13.9. The number of aryl methyl sites for hydroxylation is 2. The molecule has 3 rings (SSSR count). The molecule has 0 radical (unpaired) electrons. The highest BCUT2D eigenvalue weighted by molar-refractivity contribution is 6.30. The van der Waals surface area contributed by atoms with Gasteiger partial charge in [0, 0.05) is 29.1 Å². The standard InChI is InChI=1S/C18H16ClN3O2/c1-12-2-4-13(5-3-12)18-22-21-17(24-18)11-10-16(23)20-15-8-6-14(19)7-9-15/h2-9H,10-11H2,1H3,(H,20,23). The van der Waals surface area contributed by atoms with E-state index in [2.05, 4.69) is 15.5 Å². The van der Waals surface area contributed by atoms with Crippen LogP contribution >= 0.6 is 11.6 Å². The first-order valence-corrected chi connectivity index (χ1v) is 7.93. The molecule has 6 heteroatoms. The van der Waals surface area contributed by atoms with Crippen LogP contribution in [0, 0.1) is 6.92 Å². The van der Waals surface area contributed by atoms with Crippen LogP contribution in [0.4, 0.5) is 5.69 Å². The summed E-state index contributed by atoms with van der Waals surface area (Å²) in [4.78, 5) is 12.0. The molecule has 2 aromatic carbocycles. The van der Waals surface area contributed by atoms with Crippen molar-refractivity contribution in [2.24, 2.45) is 0 Å². The van der Waals surface area contributed by atoms with E-state index in [4.69, 9.17) is 16.0 Å². The third-order valence-electron chi connectivity index (χ3n) is 3.46. The minimum atomic E-state index is -0.118. The van der Waals surface area contributed by atoms with E-state index in [1.807, 2.05) is 31.2 Å². The van der Waals surface area contributed by atoms with Gasteiger partial charge in [-0.25, -0.2) is 0 Å². The van der Waals surface area contributed by atoms with Crippen LogP contribution in [0.2, 0.25) is 5.02 Å². The molecule has 122 valence electrons. The van der Waals surface area contributed by atoms with Crippen molar-refractivity contribution in [2.75, 3.05) is 5.32 Å². The van der Waals surface area contributed by atoms with Crippen LogP contribution in [-0.4, -0.2) is 16.1 Å². The monoisotopic (exact) mass is 341 g/mol. The fraction of sp³-hybridized carbons (Fsp3) is 0.167. The molecule has 1 N–H and O–H groups in total. The molecule has 3 aromatic rings. The summed E-state index contributed by atoms with van der Waals surface area (Å²) >= 11 is 5.81. The van der Waals surface area contributed by atoms with Crippen LogP contribution in [0.1, 0.15) is 17.9 Å². The lowest BCUT2D eigenvalue weighted by molar-refractivity contribution is -0.116. The molecule has 0 aliphatic carbocycles. The number of nitrogens with one attached hydrogen (secondary N) is 1. The lowest BCUT2D eigenvalue weighted by Gasteiger charge is -2.03. The predicted octanol–water partition coefficient (Wildman–Crippen LogP) is 4.27. The fourth-order valence-electron chi connectivity index (χ4n) is 2.14. The Bertz CT molecular complexity index is 826. The molecule has 1 aromatic heterocycles. The molecule has 0 saturated heterocycles. The molecule has 24 heavy (non-hydrogen) atoms. The number of anilines is 1. The summed E-state index contributed by atoms with van der Waals surface area (Å²) in [6.07, 6.45) is 0.649. The van der Waals surface area contributed by atoms with Gasteiger partial charge in [-0.1, -0.05) is 29.3 Å². The largest absolute Gasteiger partial charge is 0.421 e.